The van der Waals surface area contributed by atoms with Gasteiger partial charge in [-0.15, -0.1) is 0 Å². The molecule has 0 N–H and O–H groups in total. The van der Waals surface area contributed by atoms with E-state index in [2.05, 4.69) is 306 Å². The predicted octanol–water partition coefficient (Wildman–Crippen LogP) is 20.6. The fourth-order valence-electron chi connectivity index (χ4n) is 14.8. The van der Waals surface area contributed by atoms with E-state index in [0.717, 1.165) is 88.1 Å². The molecule has 0 spiro atoms. The Labute approximate surface area is 506 Å². The van der Waals surface area contributed by atoms with E-state index in [-0.39, 0.29) is 39.2 Å². The highest BCUT2D eigenvalue weighted by atomic mass is 16.3. The molecule has 4 nitrogen and oxygen atoms in total. The lowest BCUT2D eigenvalue weighted by Crippen LogP contribution is -2.61. The van der Waals surface area contributed by atoms with Crippen LogP contribution in [-0.2, 0) is 32.5 Å². The van der Waals surface area contributed by atoms with Crippen LogP contribution in [0.5, 0.6) is 0 Å². The Kier molecular flexibility index (Phi) is 12.4. The molecule has 85 heavy (non-hydrogen) atoms. The molecule has 0 amide bonds. The van der Waals surface area contributed by atoms with Gasteiger partial charge in [0.05, 0.1) is 17.0 Å². The van der Waals surface area contributed by atoms with Crippen LogP contribution in [0.2, 0.25) is 0 Å². The summed E-state index contributed by atoms with van der Waals surface area (Å²) in [5.74, 6) is 0. The number of nitrogens with zero attached hydrogens (tertiary/aromatic N) is 3. The highest BCUT2D eigenvalue weighted by Gasteiger charge is 2.49. The first-order valence-electron chi connectivity index (χ1n) is 31.3. The molecular weight excluding hydrogens is 1030 g/mol. The Bertz CT molecular complexity index is 4190. The van der Waals surface area contributed by atoms with Crippen molar-refractivity contribution in [2.75, 3.05) is 14.7 Å². The third-order valence-corrected chi connectivity index (χ3v) is 20.3. The van der Waals surface area contributed by atoms with Crippen LogP contribution in [0.15, 0.2) is 199 Å². The third kappa shape index (κ3) is 9.08. The van der Waals surface area contributed by atoms with Crippen LogP contribution in [0.4, 0.5) is 51.2 Å². The fraction of sp³-hybridized carbons (Fsp3) is 0.300. The molecule has 10 aromatic rings. The molecule has 14 rings (SSSR count). The number of fused-ring (bicyclic) bond motifs is 8. The zero-order chi connectivity index (χ0) is 59.3. The average molecular weight is 1110 g/mol. The molecule has 4 aliphatic rings. The zero-order valence-electron chi connectivity index (χ0n) is 52.6. The zero-order valence-corrected chi connectivity index (χ0v) is 52.6. The maximum atomic E-state index is 7.84. The van der Waals surface area contributed by atoms with Crippen molar-refractivity contribution in [1.29, 1.82) is 0 Å². The summed E-state index contributed by atoms with van der Waals surface area (Å²) in [6.07, 6.45) is 4.52. The fourth-order valence-corrected chi connectivity index (χ4v) is 14.8. The van der Waals surface area contributed by atoms with Crippen molar-refractivity contribution in [3.8, 4) is 22.3 Å². The van der Waals surface area contributed by atoms with Crippen molar-refractivity contribution in [3.63, 3.8) is 0 Å². The number of hydrogen-bond donors (Lipinski definition) is 0. The summed E-state index contributed by atoms with van der Waals surface area (Å²) in [5.41, 5.74) is 27.5. The summed E-state index contributed by atoms with van der Waals surface area (Å²) in [6, 6.07) is 74.4. The lowest BCUT2D eigenvalue weighted by Gasteiger charge is -2.45. The summed E-state index contributed by atoms with van der Waals surface area (Å²) in [5, 5.41) is 1.17. The molecule has 9 aromatic carbocycles. The van der Waals surface area contributed by atoms with Crippen LogP contribution in [0.3, 0.4) is 0 Å². The first kappa shape index (κ1) is 54.9. The molecule has 0 saturated heterocycles. The summed E-state index contributed by atoms with van der Waals surface area (Å²) in [4.78, 5) is 7.73. The number of anilines is 9. The molecule has 3 heterocycles. The molecule has 0 radical (unpaired) electrons. The smallest absolute Gasteiger partial charge is 0.297 e. The minimum absolute atomic E-state index is 0.00779. The van der Waals surface area contributed by atoms with Crippen LogP contribution in [0.25, 0.3) is 33.2 Å². The molecule has 426 valence electrons. The molecular formula is C80H82BN3O. The van der Waals surface area contributed by atoms with E-state index < -0.39 is 0 Å². The van der Waals surface area contributed by atoms with Gasteiger partial charge < -0.3 is 19.1 Å². The topological polar surface area (TPSA) is 22.9 Å². The average Bonchev–Trinajstić information content (AvgIpc) is 1.69. The van der Waals surface area contributed by atoms with Crippen molar-refractivity contribution in [2.24, 2.45) is 0 Å². The highest BCUT2D eigenvalue weighted by molar-refractivity contribution is 7.00. The van der Waals surface area contributed by atoms with E-state index in [0.29, 0.717) is 0 Å². The van der Waals surface area contributed by atoms with Gasteiger partial charge in [-0.2, -0.15) is 0 Å². The molecule has 2 aliphatic carbocycles. The molecule has 2 aliphatic heterocycles. The lowest BCUT2D eigenvalue weighted by molar-refractivity contribution is 0.332. The van der Waals surface area contributed by atoms with Crippen molar-refractivity contribution >= 4 is 85.5 Å². The van der Waals surface area contributed by atoms with E-state index in [4.69, 9.17) is 4.42 Å². The van der Waals surface area contributed by atoms with E-state index in [9.17, 15) is 0 Å². The Morgan fingerprint density at radius 2 is 0.859 bits per heavy atom. The van der Waals surface area contributed by atoms with E-state index >= 15 is 0 Å². The second-order valence-electron chi connectivity index (χ2n) is 30.0. The Morgan fingerprint density at radius 3 is 1.40 bits per heavy atom. The normalized spacial score (nSPS) is 16.9. The van der Waals surface area contributed by atoms with Gasteiger partial charge in [-0.25, -0.2) is 0 Å². The number of rotatable bonds is 7. The van der Waals surface area contributed by atoms with Crippen molar-refractivity contribution in [1.82, 2.24) is 0 Å². The summed E-state index contributed by atoms with van der Waals surface area (Å²) in [6.45, 7) is 33.2. The van der Waals surface area contributed by atoms with Crippen molar-refractivity contribution in [2.45, 2.75) is 155 Å². The van der Waals surface area contributed by atoms with E-state index in [1.54, 1.807) is 0 Å². The van der Waals surface area contributed by atoms with Crippen LogP contribution < -0.4 is 31.3 Å². The van der Waals surface area contributed by atoms with Gasteiger partial charge in [0.15, 0.2) is 0 Å². The van der Waals surface area contributed by atoms with Gasteiger partial charge in [0.2, 0.25) is 0 Å². The predicted molar refractivity (Wildman–Crippen MR) is 364 cm³/mol. The standard InChI is InChI=1S/C80H82BN3O/c1-75(2,3)55-28-34-57(35-29-55)82(58-36-30-56(31-37-58)76(4,5)6)61-47-69-72-70(48-61)84(60-38-39-63-64(46-60)78(9,10)42-41-77(63,7)8)73-62-49-65-66(80(13,14)44-43-79(65,11)12)50-71(62)85-74(73)81(72)67-45-54(52-23-19-16-20-24-52)27-40-68(67)83(69)59-32-25-53(26-33-59)51-21-17-15-18-22-51/h15-40,45-50H,41-44H2,1-14H3. The monoisotopic (exact) mass is 1110 g/mol. The van der Waals surface area contributed by atoms with Crippen LogP contribution in [0.1, 0.15) is 156 Å². The summed E-state index contributed by atoms with van der Waals surface area (Å²) in [7, 11) is 0. The molecule has 0 bridgehead atoms. The van der Waals surface area contributed by atoms with Crippen molar-refractivity contribution < 1.29 is 4.42 Å². The lowest BCUT2D eigenvalue weighted by atomic mass is 9.35. The van der Waals surface area contributed by atoms with E-state index in [1.807, 2.05) is 0 Å². The summed E-state index contributed by atoms with van der Waals surface area (Å²) >= 11 is 0. The third-order valence-electron chi connectivity index (χ3n) is 20.3. The second kappa shape index (κ2) is 19.2. The second-order valence-corrected chi connectivity index (χ2v) is 30.0. The van der Waals surface area contributed by atoms with Gasteiger partial charge in [-0.3, -0.25) is 0 Å². The van der Waals surface area contributed by atoms with Gasteiger partial charge in [-0.05, 0) is 204 Å². The van der Waals surface area contributed by atoms with Crippen LogP contribution in [0, 0.1) is 0 Å². The molecule has 5 heteroatoms. The largest absolute Gasteiger partial charge is 0.468 e. The Hall–Kier alpha value is -8.02. The number of hydrogen-bond acceptors (Lipinski definition) is 4. The van der Waals surface area contributed by atoms with E-state index in [1.165, 1.54) is 71.9 Å². The van der Waals surface area contributed by atoms with Gasteiger partial charge in [0, 0.05) is 45.2 Å². The SMILES string of the molecule is CC(C)(C)c1ccc(N(c2ccc(C(C)(C)C)cc2)c2cc3c4c(c2)N(c2ccc5c(c2)C(C)(C)CCC5(C)C)c2c(oc5cc6c(cc25)C(C)(C)CCC6(C)C)B4c2cc(-c4ccccc4)ccc2N3c2ccc(-c3ccccc3)cc2)cc1. The Balaban J connectivity index is 1.13. The van der Waals surface area contributed by atoms with Gasteiger partial charge in [0.25, 0.3) is 6.71 Å². The maximum absolute atomic E-state index is 7.84. The van der Waals surface area contributed by atoms with Gasteiger partial charge in [0.1, 0.15) is 5.58 Å². The molecule has 0 saturated carbocycles. The Morgan fingerprint density at radius 1 is 0.400 bits per heavy atom. The minimum atomic E-state index is -0.257. The quantitative estimate of drug-likeness (QED) is 0.148. The molecule has 0 atom stereocenters. The highest BCUT2D eigenvalue weighted by Crippen LogP contribution is 2.55. The van der Waals surface area contributed by atoms with Crippen molar-refractivity contribution in [3.05, 3.63) is 228 Å². The number of benzene rings is 9. The number of furan rings is 1. The summed E-state index contributed by atoms with van der Waals surface area (Å²) < 4.78 is 7.84. The molecule has 1 aromatic heterocycles. The molecule has 0 unspecified atom stereocenters. The van der Waals surface area contributed by atoms with Crippen LogP contribution in [-0.4, -0.2) is 6.71 Å². The van der Waals surface area contributed by atoms with Crippen LogP contribution >= 0.6 is 0 Å². The first-order valence-corrected chi connectivity index (χ1v) is 31.3. The van der Waals surface area contributed by atoms with Gasteiger partial charge >= 0.3 is 0 Å². The molecule has 0 fully saturated rings. The first-order chi connectivity index (χ1) is 40.4. The van der Waals surface area contributed by atoms with Gasteiger partial charge in [-0.1, -0.05) is 212 Å². The minimum Gasteiger partial charge on any atom is -0.468 e. The maximum Gasteiger partial charge on any atom is 0.297 e.